The van der Waals surface area contributed by atoms with E-state index in [1.807, 2.05) is 30.3 Å². The zero-order valence-electron chi connectivity index (χ0n) is 6.91. The van der Waals surface area contributed by atoms with E-state index >= 15 is 0 Å². The molecule has 2 rings (SSSR count). The zero-order valence-corrected chi connectivity index (χ0v) is 6.91. The summed E-state index contributed by atoms with van der Waals surface area (Å²) in [5.74, 6) is 0. The Morgan fingerprint density at radius 1 is 1.33 bits per heavy atom. The van der Waals surface area contributed by atoms with Gasteiger partial charge in [-0.15, -0.1) is 0 Å². The van der Waals surface area contributed by atoms with Crippen molar-refractivity contribution in [1.29, 1.82) is 0 Å². The van der Waals surface area contributed by atoms with Crippen LogP contribution in [0.5, 0.6) is 0 Å². The van der Waals surface area contributed by atoms with Gasteiger partial charge in [0.15, 0.2) is 0 Å². The van der Waals surface area contributed by atoms with Crippen LogP contribution in [0.2, 0.25) is 0 Å². The van der Waals surface area contributed by atoms with Crippen molar-refractivity contribution in [2.24, 2.45) is 0 Å². The van der Waals surface area contributed by atoms with Crippen LogP contribution in [0.3, 0.4) is 0 Å². The Kier molecular flexibility index (Phi) is 1.85. The monoisotopic (exact) mass is 166 g/mol. The molecular weight excluding hydrogens is 155 g/mol. The minimum absolute atomic E-state index is 0.00815. The summed E-state index contributed by atoms with van der Waals surface area (Å²) in [6.07, 6.45) is -1.09. The van der Waals surface area contributed by atoms with Crippen molar-refractivity contribution in [3.8, 4) is 0 Å². The summed E-state index contributed by atoms with van der Waals surface area (Å²) in [7, 11) is 0. The first-order valence-electron chi connectivity index (χ1n) is 4.13. The van der Waals surface area contributed by atoms with E-state index < -0.39 is 6.17 Å². The van der Waals surface area contributed by atoms with Crippen molar-refractivity contribution in [2.75, 3.05) is 0 Å². The van der Waals surface area contributed by atoms with Gasteiger partial charge in [0.1, 0.15) is 18.4 Å². The van der Waals surface area contributed by atoms with E-state index in [0.29, 0.717) is 0 Å². The summed E-state index contributed by atoms with van der Waals surface area (Å²) in [5, 5.41) is 0. The Bertz CT molecular complexity index is 258. The first-order valence-corrected chi connectivity index (χ1v) is 4.13. The van der Waals surface area contributed by atoms with Gasteiger partial charge in [0, 0.05) is 0 Å². The second-order valence-electron chi connectivity index (χ2n) is 3.11. The molecular formula is C10H11FO. The quantitative estimate of drug-likeness (QED) is 0.615. The molecule has 0 spiro atoms. The lowest BCUT2D eigenvalue weighted by Crippen LogP contribution is -2.03. The molecule has 0 bridgehead atoms. The molecule has 2 heteroatoms. The van der Waals surface area contributed by atoms with Crippen molar-refractivity contribution in [2.45, 2.75) is 25.3 Å². The number of epoxide rings is 1. The predicted molar refractivity (Wildman–Crippen MR) is 44.6 cm³/mol. The van der Waals surface area contributed by atoms with Crippen LogP contribution in [0.4, 0.5) is 4.39 Å². The predicted octanol–water partition coefficient (Wildman–Crippen LogP) is 2.48. The van der Waals surface area contributed by atoms with Gasteiger partial charge in [0.25, 0.3) is 0 Å². The maximum absolute atomic E-state index is 12.7. The molecule has 1 nitrogen and oxygen atoms in total. The van der Waals surface area contributed by atoms with Crippen molar-refractivity contribution in [1.82, 2.24) is 0 Å². The molecule has 0 radical (unpaired) electrons. The SMILES string of the molecule is CC(F)C1OC1c1ccccc1. The molecule has 1 saturated heterocycles. The number of alkyl halides is 1. The third kappa shape index (κ3) is 1.34. The summed E-state index contributed by atoms with van der Waals surface area (Å²) < 4.78 is 17.9. The fourth-order valence-corrected chi connectivity index (χ4v) is 1.38. The second kappa shape index (κ2) is 2.87. The number of halogens is 1. The van der Waals surface area contributed by atoms with E-state index in [2.05, 4.69) is 0 Å². The molecule has 0 aromatic heterocycles. The highest BCUT2D eigenvalue weighted by Gasteiger charge is 2.44. The Labute approximate surface area is 71.2 Å². The van der Waals surface area contributed by atoms with Gasteiger partial charge < -0.3 is 4.74 Å². The molecule has 1 fully saturated rings. The van der Waals surface area contributed by atoms with Gasteiger partial charge >= 0.3 is 0 Å². The number of rotatable bonds is 2. The first kappa shape index (κ1) is 7.74. The summed E-state index contributed by atoms with van der Waals surface area (Å²) in [4.78, 5) is 0. The molecule has 64 valence electrons. The van der Waals surface area contributed by atoms with Crippen molar-refractivity contribution < 1.29 is 9.13 Å². The lowest BCUT2D eigenvalue weighted by molar-refractivity contribution is 0.263. The molecule has 1 aromatic rings. The van der Waals surface area contributed by atoms with Crippen molar-refractivity contribution in [3.05, 3.63) is 35.9 Å². The molecule has 1 heterocycles. The van der Waals surface area contributed by atoms with Gasteiger partial charge in [-0.2, -0.15) is 0 Å². The van der Waals surface area contributed by atoms with E-state index in [1.165, 1.54) is 6.92 Å². The van der Waals surface area contributed by atoms with Crippen LogP contribution < -0.4 is 0 Å². The van der Waals surface area contributed by atoms with Crippen LogP contribution in [-0.4, -0.2) is 12.3 Å². The zero-order chi connectivity index (χ0) is 8.55. The molecule has 0 amide bonds. The van der Waals surface area contributed by atoms with Gasteiger partial charge in [0.2, 0.25) is 0 Å². The smallest absolute Gasteiger partial charge is 0.126 e. The van der Waals surface area contributed by atoms with Gasteiger partial charge in [-0.1, -0.05) is 30.3 Å². The largest absolute Gasteiger partial charge is 0.361 e. The normalized spacial score (nSPS) is 29.8. The lowest BCUT2D eigenvalue weighted by atomic mass is 10.1. The van der Waals surface area contributed by atoms with Gasteiger partial charge in [-0.05, 0) is 12.5 Å². The van der Waals surface area contributed by atoms with E-state index in [4.69, 9.17) is 4.74 Å². The van der Waals surface area contributed by atoms with E-state index in [-0.39, 0.29) is 12.2 Å². The Hall–Kier alpha value is -0.890. The van der Waals surface area contributed by atoms with Gasteiger partial charge in [0.05, 0.1) is 0 Å². The van der Waals surface area contributed by atoms with Gasteiger partial charge in [-0.3, -0.25) is 0 Å². The van der Waals surface area contributed by atoms with Crippen LogP contribution >= 0.6 is 0 Å². The van der Waals surface area contributed by atoms with Crippen LogP contribution in [0.1, 0.15) is 18.6 Å². The minimum Gasteiger partial charge on any atom is -0.361 e. The highest BCUT2D eigenvalue weighted by molar-refractivity contribution is 5.22. The lowest BCUT2D eigenvalue weighted by Gasteiger charge is -1.95. The van der Waals surface area contributed by atoms with E-state index in [1.54, 1.807) is 0 Å². The fraction of sp³-hybridized carbons (Fsp3) is 0.400. The van der Waals surface area contributed by atoms with Crippen molar-refractivity contribution >= 4 is 0 Å². The molecule has 0 saturated carbocycles. The maximum atomic E-state index is 12.7. The number of ether oxygens (including phenoxy) is 1. The number of hydrogen-bond acceptors (Lipinski definition) is 1. The minimum atomic E-state index is -0.866. The molecule has 0 aliphatic carbocycles. The molecule has 3 unspecified atom stereocenters. The Morgan fingerprint density at radius 3 is 2.50 bits per heavy atom. The topological polar surface area (TPSA) is 12.5 Å². The highest BCUT2D eigenvalue weighted by Crippen LogP contribution is 2.41. The van der Waals surface area contributed by atoms with Crippen LogP contribution in [0.15, 0.2) is 30.3 Å². The standard InChI is InChI=1S/C10H11FO/c1-7(11)9-10(12-9)8-5-3-2-4-6-8/h2-7,9-10H,1H3. The van der Waals surface area contributed by atoms with Crippen LogP contribution in [0, 0.1) is 0 Å². The third-order valence-electron chi connectivity index (χ3n) is 2.11. The number of hydrogen-bond donors (Lipinski definition) is 0. The van der Waals surface area contributed by atoms with Crippen molar-refractivity contribution in [3.63, 3.8) is 0 Å². The third-order valence-corrected chi connectivity index (χ3v) is 2.11. The molecule has 3 atom stereocenters. The summed E-state index contributed by atoms with van der Waals surface area (Å²) in [6, 6.07) is 9.76. The molecule has 1 aliphatic rings. The molecule has 1 aliphatic heterocycles. The molecule has 0 N–H and O–H groups in total. The summed E-state index contributed by atoms with van der Waals surface area (Å²) >= 11 is 0. The average molecular weight is 166 g/mol. The average Bonchev–Trinajstić information content (AvgIpc) is 2.84. The summed E-state index contributed by atoms with van der Waals surface area (Å²) in [5.41, 5.74) is 1.08. The molecule has 1 aromatic carbocycles. The van der Waals surface area contributed by atoms with E-state index in [9.17, 15) is 4.39 Å². The second-order valence-corrected chi connectivity index (χ2v) is 3.11. The Balaban J connectivity index is 2.06. The number of benzene rings is 1. The maximum Gasteiger partial charge on any atom is 0.126 e. The van der Waals surface area contributed by atoms with Gasteiger partial charge in [-0.25, -0.2) is 4.39 Å². The highest BCUT2D eigenvalue weighted by atomic mass is 19.1. The van der Waals surface area contributed by atoms with Crippen LogP contribution in [0.25, 0.3) is 0 Å². The summed E-state index contributed by atoms with van der Waals surface area (Å²) in [6.45, 7) is 1.54. The first-order chi connectivity index (χ1) is 5.79. The fourth-order valence-electron chi connectivity index (χ4n) is 1.38. The van der Waals surface area contributed by atoms with E-state index in [0.717, 1.165) is 5.56 Å². The molecule has 12 heavy (non-hydrogen) atoms. The van der Waals surface area contributed by atoms with Crippen LogP contribution in [-0.2, 0) is 4.74 Å². The Morgan fingerprint density at radius 2 is 2.00 bits per heavy atom.